The number of pyridine rings is 2. The van der Waals surface area contributed by atoms with Crippen molar-refractivity contribution in [3.05, 3.63) is 47.5 Å². The van der Waals surface area contributed by atoms with Gasteiger partial charge in [-0.05, 0) is 36.8 Å². The smallest absolute Gasteiger partial charge is 0.165 e. The second-order valence-electron chi connectivity index (χ2n) is 5.42. The molecule has 3 heterocycles. The highest BCUT2D eigenvalue weighted by Gasteiger charge is 2.21. The van der Waals surface area contributed by atoms with Crippen LogP contribution in [-0.4, -0.2) is 41.3 Å². The predicted octanol–water partition coefficient (Wildman–Crippen LogP) is 1.74. The van der Waals surface area contributed by atoms with Crippen LogP contribution in [0.3, 0.4) is 0 Å². The number of hydrogen-bond acceptors (Lipinski definition) is 5. The molecule has 0 radical (unpaired) electrons. The maximum Gasteiger partial charge on any atom is 0.165 e. The fraction of sp³-hybridized carbons (Fsp3) is 0.375. The van der Waals surface area contributed by atoms with Crippen LogP contribution in [0.1, 0.15) is 11.3 Å². The lowest BCUT2D eigenvalue weighted by molar-refractivity contribution is 0.281. The van der Waals surface area contributed by atoms with Gasteiger partial charge in [0.2, 0.25) is 0 Å². The fourth-order valence-corrected chi connectivity index (χ4v) is 2.73. The molecule has 116 valence electrons. The van der Waals surface area contributed by atoms with E-state index in [0.717, 1.165) is 30.2 Å². The molecule has 1 aliphatic heterocycles. The van der Waals surface area contributed by atoms with Crippen LogP contribution in [0.15, 0.2) is 30.5 Å². The van der Waals surface area contributed by atoms with Crippen LogP contribution in [0.25, 0.3) is 0 Å². The highest BCUT2D eigenvalue weighted by atomic mass is 19.1. The van der Waals surface area contributed by atoms with Gasteiger partial charge in [0.1, 0.15) is 5.82 Å². The number of anilines is 2. The Bertz CT molecular complexity index is 656. The van der Waals surface area contributed by atoms with Crippen molar-refractivity contribution in [2.75, 3.05) is 36.0 Å². The summed E-state index contributed by atoms with van der Waals surface area (Å²) < 4.78 is 13.8. The number of hydrogen-bond donors (Lipinski definition) is 1. The molecular weight excluding hydrogens is 283 g/mol. The summed E-state index contributed by atoms with van der Waals surface area (Å²) in [4.78, 5) is 12.8. The highest BCUT2D eigenvalue weighted by Crippen LogP contribution is 2.21. The van der Waals surface area contributed by atoms with Crippen LogP contribution in [0.5, 0.6) is 0 Å². The summed E-state index contributed by atoms with van der Waals surface area (Å²) >= 11 is 0. The molecule has 2 aromatic rings. The first-order chi connectivity index (χ1) is 10.7. The number of nitrogens with zero attached hydrogens (tertiary/aromatic N) is 4. The molecule has 0 spiro atoms. The first-order valence-electron chi connectivity index (χ1n) is 7.36. The maximum absolute atomic E-state index is 13.8. The number of halogens is 1. The fourth-order valence-electron chi connectivity index (χ4n) is 2.73. The van der Waals surface area contributed by atoms with E-state index in [2.05, 4.69) is 14.9 Å². The first-order valence-corrected chi connectivity index (χ1v) is 7.36. The molecule has 1 aliphatic rings. The van der Waals surface area contributed by atoms with Crippen LogP contribution in [0.4, 0.5) is 16.0 Å². The summed E-state index contributed by atoms with van der Waals surface area (Å²) in [6.07, 6.45) is 1.61. The van der Waals surface area contributed by atoms with E-state index in [1.807, 2.05) is 24.0 Å². The molecule has 3 rings (SSSR count). The molecule has 0 aliphatic carbocycles. The molecule has 0 unspecified atom stereocenters. The SMILES string of the molecule is Cc1cc(CO)cc(N2CCN(c3ncccc3F)CC2)n1. The number of aryl methyl sites for hydroxylation is 1. The summed E-state index contributed by atoms with van der Waals surface area (Å²) in [7, 11) is 0. The van der Waals surface area contributed by atoms with E-state index >= 15 is 0 Å². The Morgan fingerprint density at radius 3 is 2.59 bits per heavy atom. The van der Waals surface area contributed by atoms with E-state index in [1.54, 1.807) is 12.3 Å². The Labute approximate surface area is 129 Å². The maximum atomic E-state index is 13.8. The van der Waals surface area contributed by atoms with Gasteiger partial charge in [-0.3, -0.25) is 0 Å². The summed E-state index contributed by atoms with van der Waals surface area (Å²) in [6.45, 7) is 4.81. The average Bonchev–Trinajstić information content (AvgIpc) is 2.55. The zero-order valence-electron chi connectivity index (χ0n) is 12.5. The lowest BCUT2D eigenvalue weighted by Crippen LogP contribution is -2.47. The van der Waals surface area contributed by atoms with Crippen molar-refractivity contribution in [1.82, 2.24) is 9.97 Å². The monoisotopic (exact) mass is 302 g/mol. The third-order valence-corrected chi connectivity index (χ3v) is 3.82. The molecule has 1 fully saturated rings. The molecular formula is C16H19FN4O. The summed E-state index contributed by atoms with van der Waals surface area (Å²) in [6, 6.07) is 6.82. The number of aliphatic hydroxyl groups is 1. The topological polar surface area (TPSA) is 52.5 Å². The molecule has 1 saturated heterocycles. The van der Waals surface area contributed by atoms with Gasteiger partial charge in [-0.25, -0.2) is 14.4 Å². The minimum Gasteiger partial charge on any atom is -0.392 e. The van der Waals surface area contributed by atoms with Crippen molar-refractivity contribution in [2.45, 2.75) is 13.5 Å². The Balaban J connectivity index is 1.72. The normalized spacial score (nSPS) is 15.2. The van der Waals surface area contributed by atoms with Gasteiger partial charge >= 0.3 is 0 Å². The standard InChI is InChI=1S/C16H19FN4O/c1-12-9-13(11-22)10-15(19-12)20-5-7-21(8-6-20)16-14(17)3-2-4-18-16/h2-4,9-10,22H,5-8,11H2,1H3. The minimum atomic E-state index is -0.285. The van der Waals surface area contributed by atoms with Gasteiger partial charge in [0, 0.05) is 38.1 Å². The number of aromatic nitrogens is 2. The first kappa shape index (κ1) is 14.7. The number of rotatable bonds is 3. The Kier molecular flexibility index (Phi) is 4.20. The largest absolute Gasteiger partial charge is 0.392 e. The number of aliphatic hydroxyl groups excluding tert-OH is 1. The lowest BCUT2D eigenvalue weighted by Gasteiger charge is -2.36. The van der Waals surface area contributed by atoms with Gasteiger partial charge in [-0.1, -0.05) is 0 Å². The molecule has 0 saturated carbocycles. The van der Waals surface area contributed by atoms with Crippen molar-refractivity contribution in [3.63, 3.8) is 0 Å². The van der Waals surface area contributed by atoms with Crippen molar-refractivity contribution in [2.24, 2.45) is 0 Å². The van der Waals surface area contributed by atoms with E-state index in [9.17, 15) is 9.50 Å². The zero-order chi connectivity index (χ0) is 15.5. The molecule has 6 heteroatoms. The highest BCUT2D eigenvalue weighted by molar-refractivity contribution is 5.47. The summed E-state index contributed by atoms with van der Waals surface area (Å²) in [5, 5.41) is 9.30. The molecule has 0 aromatic carbocycles. The van der Waals surface area contributed by atoms with Gasteiger partial charge < -0.3 is 14.9 Å². The van der Waals surface area contributed by atoms with Crippen molar-refractivity contribution >= 4 is 11.6 Å². The summed E-state index contributed by atoms with van der Waals surface area (Å²) in [5.41, 5.74) is 1.75. The molecule has 0 bridgehead atoms. The predicted molar refractivity (Wildman–Crippen MR) is 83.5 cm³/mol. The molecule has 5 nitrogen and oxygen atoms in total. The lowest BCUT2D eigenvalue weighted by atomic mass is 10.2. The zero-order valence-corrected chi connectivity index (χ0v) is 12.5. The van der Waals surface area contributed by atoms with Gasteiger partial charge in [0.25, 0.3) is 0 Å². The van der Waals surface area contributed by atoms with E-state index in [0.29, 0.717) is 18.9 Å². The van der Waals surface area contributed by atoms with Crippen LogP contribution in [0.2, 0.25) is 0 Å². The molecule has 2 aromatic heterocycles. The number of piperazine rings is 1. The quantitative estimate of drug-likeness (QED) is 0.936. The molecule has 0 amide bonds. The molecule has 0 atom stereocenters. The Morgan fingerprint density at radius 2 is 1.91 bits per heavy atom. The van der Waals surface area contributed by atoms with E-state index in [-0.39, 0.29) is 12.4 Å². The summed E-state index contributed by atoms with van der Waals surface area (Å²) in [5.74, 6) is 0.993. The van der Waals surface area contributed by atoms with Crippen molar-refractivity contribution in [1.29, 1.82) is 0 Å². The van der Waals surface area contributed by atoms with Crippen LogP contribution < -0.4 is 9.80 Å². The Morgan fingerprint density at radius 1 is 1.18 bits per heavy atom. The van der Waals surface area contributed by atoms with Crippen molar-refractivity contribution in [3.8, 4) is 0 Å². The molecule has 1 N–H and O–H groups in total. The van der Waals surface area contributed by atoms with Crippen molar-refractivity contribution < 1.29 is 9.50 Å². The third-order valence-electron chi connectivity index (χ3n) is 3.82. The van der Waals surface area contributed by atoms with E-state index < -0.39 is 0 Å². The second kappa shape index (κ2) is 6.27. The second-order valence-corrected chi connectivity index (χ2v) is 5.42. The van der Waals surface area contributed by atoms with Crippen LogP contribution >= 0.6 is 0 Å². The van der Waals surface area contributed by atoms with Gasteiger partial charge in [0.15, 0.2) is 11.6 Å². The van der Waals surface area contributed by atoms with Gasteiger partial charge in [-0.2, -0.15) is 0 Å². The minimum absolute atomic E-state index is 0.00940. The average molecular weight is 302 g/mol. The van der Waals surface area contributed by atoms with E-state index in [4.69, 9.17) is 0 Å². The van der Waals surface area contributed by atoms with Crippen LogP contribution in [0, 0.1) is 12.7 Å². The third kappa shape index (κ3) is 3.01. The molecule has 22 heavy (non-hydrogen) atoms. The van der Waals surface area contributed by atoms with Gasteiger partial charge in [0.05, 0.1) is 6.61 Å². The Hall–Kier alpha value is -2.21. The van der Waals surface area contributed by atoms with Crippen LogP contribution in [-0.2, 0) is 6.61 Å². The van der Waals surface area contributed by atoms with Gasteiger partial charge in [-0.15, -0.1) is 0 Å². The van der Waals surface area contributed by atoms with E-state index in [1.165, 1.54) is 6.07 Å².